The summed E-state index contributed by atoms with van der Waals surface area (Å²) in [4.78, 5) is 10.4. The Balaban J connectivity index is 4.17. The van der Waals surface area contributed by atoms with E-state index >= 15 is 0 Å². The molecule has 0 heterocycles. The Morgan fingerprint density at radius 2 is 1.77 bits per heavy atom. The van der Waals surface area contributed by atoms with Crippen LogP contribution >= 0.6 is 0 Å². The molecular weight excluding hydrogens is 184 g/mol. The Labute approximate surface area is 73.8 Å². The van der Waals surface area contributed by atoms with Crippen LogP contribution in [0.2, 0.25) is 0 Å². The minimum atomic E-state index is -1.76. The predicted molar refractivity (Wildman–Crippen MR) is 38.7 cm³/mol. The van der Waals surface area contributed by atoms with Crippen LogP contribution in [0.5, 0.6) is 0 Å². The maximum Gasteiger partial charge on any atom is 0.335 e. The Morgan fingerprint density at radius 1 is 1.23 bits per heavy atom. The Hall–Kier alpha value is -0.730. The highest BCUT2D eigenvalue weighted by atomic mass is 16.6. The highest BCUT2D eigenvalue weighted by Crippen LogP contribution is 2.02. The average molecular weight is 196 g/mol. The van der Waals surface area contributed by atoms with Crippen LogP contribution in [0.3, 0.4) is 0 Å². The van der Waals surface area contributed by atoms with E-state index in [1.54, 1.807) is 0 Å². The molecule has 0 aromatic heterocycles. The van der Waals surface area contributed by atoms with E-state index < -0.39 is 37.7 Å². The molecule has 0 saturated carbocycles. The summed E-state index contributed by atoms with van der Waals surface area (Å²) in [7, 11) is 0. The van der Waals surface area contributed by atoms with Crippen LogP contribution < -0.4 is 0 Å². The minimum absolute atomic E-state index is 0.790. The molecule has 0 aliphatic rings. The molecule has 0 bridgehead atoms. The van der Waals surface area contributed by atoms with Crippen molar-refractivity contribution in [2.45, 2.75) is 18.5 Å². The number of carbonyl (C=O) groups is 1. The van der Waals surface area contributed by atoms with E-state index in [4.69, 9.17) is 25.5 Å². The zero-order chi connectivity index (χ0) is 10.4. The third-order valence-electron chi connectivity index (χ3n) is 1.24. The summed E-state index contributed by atoms with van der Waals surface area (Å²) in [5, 5.41) is 42.7. The van der Waals surface area contributed by atoms with Gasteiger partial charge in [-0.25, -0.2) is 4.79 Å². The molecule has 13 heavy (non-hydrogen) atoms. The van der Waals surface area contributed by atoms with Gasteiger partial charge in [0.25, 0.3) is 0 Å². The first kappa shape index (κ1) is 12.3. The first-order valence-electron chi connectivity index (χ1n) is 3.49. The van der Waals surface area contributed by atoms with Crippen molar-refractivity contribution in [2.75, 3.05) is 13.2 Å². The van der Waals surface area contributed by atoms with Gasteiger partial charge >= 0.3 is 5.97 Å². The van der Waals surface area contributed by atoms with E-state index in [1.165, 1.54) is 0 Å². The van der Waals surface area contributed by atoms with Gasteiger partial charge in [0.05, 0.1) is 13.2 Å². The van der Waals surface area contributed by atoms with Crippen molar-refractivity contribution in [1.29, 1.82) is 0 Å². The van der Waals surface area contributed by atoms with Crippen molar-refractivity contribution >= 4 is 5.97 Å². The van der Waals surface area contributed by atoms with E-state index in [-0.39, 0.29) is 0 Å². The molecule has 3 atom stereocenters. The van der Waals surface area contributed by atoms with Crippen molar-refractivity contribution in [3.8, 4) is 0 Å². The lowest BCUT2D eigenvalue weighted by Gasteiger charge is -2.19. The largest absolute Gasteiger partial charge is 0.479 e. The lowest BCUT2D eigenvalue weighted by atomic mass is 10.2. The summed E-state index contributed by atoms with van der Waals surface area (Å²) in [6.45, 7) is -1.60. The quantitative estimate of drug-likeness (QED) is 0.289. The summed E-state index contributed by atoms with van der Waals surface area (Å²) in [5.41, 5.74) is 0. The highest BCUT2D eigenvalue weighted by molar-refractivity contribution is 5.73. The van der Waals surface area contributed by atoms with Crippen LogP contribution in [0, 0.1) is 0 Å². The highest BCUT2D eigenvalue weighted by Gasteiger charge is 2.29. The van der Waals surface area contributed by atoms with E-state index in [9.17, 15) is 4.79 Å². The van der Waals surface area contributed by atoms with Gasteiger partial charge in [-0.1, -0.05) is 0 Å². The van der Waals surface area contributed by atoms with Gasteiger partial charge in [0.15, 0.2) is 12.4 Å². The molecule has 0 saturated heterocycles. The van der Waals surface area contributed by atoms with Crippen molar-refractivity contribution in [1.82, 2.24) is 0 Å². The van der Waals surface area contributed by atoms with E-state index in [2.05, 4.69) is 4.74 Å². The molecule has 0 spiro atoms. The smallest absolute Gasteiger partial charge is 0.335 e. The SMILES string of the molecule is O=C(O)C(O[C@@H](O)CO)C(O)CO. The van der Waals surface area contributed by atoms with Crippen LogP contribution in [0.15, 0.2) is 0 Å². The van der Waals surface area contributed by atoms with E-state index in [0.717, 1.165) is 0 Å². The van der Waals surface area contributed by atoms with Crippen molar-refractivity contribution in [2.24, 2.45) is 0 Å². The number of aliphatic hydroxyl groups is 4. The Bertz CT molecular complexity index is 159. The molecular formula is C6H12O7. The number of aliphatic hydroxyl groups excluding tert-OH is 4. The van der Waals surface area contributed by atoms with Gasteiger partial charge in [0.1, 0.15) is 6.10 Å². The number of hydrogen-bond donors (Lipinski definition) is 5. The van der Waals surface area contributed by atoms with Crippen LogP contribution in [-0.2, 0) is 9.53 Å². The maximum atomic E-state index is 10.4. The van der Waals surface area contributed by atoms with Crippen LogP contribution in [0.4, 0.5) is 0 Å². The van der Waals surface area contributed by atoms with Gasteiger partial charge in [-0.3, -0.25) is 0 Å². The molecule has 2 unspecified atom stereocenters. The van der Waals surface area contributed by atoms with Crippen LogP contribution in [0.1, 0.15) is 0 Å². The molecule has 0 aliphatic carbocycles. The first-order valence-corrected chi connectivity index (χ1v) is 3.49. The zero-order valence-corrected chi connectivity index (χ0v) is 6.70. The summed E-state index contributed by atoms with van der Waals surface area (Å²) >= 11 is 0. The van der Waals surface area contributed by atoms with Crippen molar-refractivity contribution in [3.63, 3.8) is 0 Å². The van der Waals surface area contributed by atoms with Crippen molar-refractivity contribution < 1.29 is 35.1 Å². The monoisotopic (exact) mass is 196 g/mol. The van der Waals surface area contributed by atoms with E-state index in [0.29, 0.717) is 0 Å². The standard InChI is InChI=1S/C6H12O7/c7-1-3(9)5(6(11)12)13-4(10)2-8/h3-5,7-10H,1-2H2,(H,11,12)/t3?,4-,5?/m1/s1. The summed E-state index contributed by atoms with van der Waals surface area (Å²) in [6.07, 6.45) is -5.09. The fraction of sp³-hybridized carbons (Fsp3) is 0.833. The third-order valence-corrected chi connectivity index (χ3v) is 1.24. The molecule has 0 aliphatic heterocycles. The van der Waals surface area contributed by atoms with Gasteiger partial charge in [-0.05, 0) is 0 Å². The van der Waals surface area contributed by atoms with Gasteiger partial charge in [0.2, 0.25) is 0 Å². The molecule has 0 amide bonds. The first-order chi connectivity index (χ1) is 6.02. The number of rotatable bonds is 6. The predicted octanol–water partition coefficient (Wildman–Crippen LogP) is -2.88. The molecule has 0 aromatic carbocycles. The summed E-state index contributed by atoms with van der Waals surface area (Å²) in [6, 6.07) is 0. The summed E-state index contributed by atoms with van der Waals surface area (Å²) < 4.78 is 4.31. The number of ether oxygens (including phenoxy) is 1. The topological polar surface area (TPSA) is 127 Å². The molecule has 5 N–H and O–H groups in total. The number of carboxylic acid groups (broad SMARTS) is 1. The Morgan fingerprint density at radius 3 is 2.08 bits per heavy atom. The maximum absolute atomic E-state index is 10.4. The Kier molecular flexibility index (Phi) is 5.51. The second-order valence-electron chi connectivity index (χ2n) is 2.28. The molecule has 0 rings (SSSR count). The molecule has 78 valence electrons. The van der Waals surface area contributed by atoms with E-state index in [1.807, 2.05) is 0 Å². The minimum Gasteiger partial charge on any atom is -0.479 e. The van der Waals surface area contributed by atoms with Crippen LogP contribution in [0.25, 0.3) is 0 Å². The third kappa shape index (κ3) is 4.15. The van der Waals surface area contributed by atoms with Crippen molar-refractivity contribution in [3.05, 3.63) is 0 Å². The second kappa shape index (κ2) is 5.84. The number of aliphatic carboxylic acids is 1. The van der Waals surface area contributed by atoms with Gasteiger partial charge in [-0.15, -0.1) is 0 Å². The fourth-order valence-electron chi connectivity index (χ4n) is 0.621. The lowest BCUT2D eigenvalue weighted by Crippen LogP contribution is -2.42. The fourth-order valence-corrected chi connectivity index (χ4v) is 0.621. The molecule has 7 heteroatoms. The molecule has 0 aromatic rings. The average Bonchev–Trinajstić information content (AvgIpc) is 2.11. The lowest BCUT2D eigenvalue weighted by molar-refractivity contribution is -0.201. The number of carboxylic acids is 1. The van der Waals surface area contributed by atoms with Gasteiger partial charge in [-0.2, -0.15) is 0 Å². The van der Waals surface area contributed by atoms with Gasteiger partial charge in [0, 0.05) is 0 Å². The second-order valence-corrected chi connectivity index (χ2v) is 2.28. The normalized spacial score (nSPS) is 17.8. The van der Waals surface area contributed by atoms with Gasteiger partial charge < -0.3 is 30.3 Å². The van der Waals surface area contributed by atoms with Crippen LogP contribution in [-0.4, -0.2) is 63.2 Å². The number of hydrogen-bond acceptors (Lipinski definition) is 6. The molecule has 7 nitrogen and oxygen atoms in total. The summed E-state index contributed by atoms with van der Waals surface area (Å²) in [5.74, 6) is -1.53. The zero-order valence-electron chi connectivity index (χ0n) is 6.70. The molecule has 0 radical (unpaired) electrons. The molecule has 0 fully saturated rings.